The number of carbonyl (C=O) groups is 1. The van der Waals surface area contributed by atoms with Gasteiger partial charge in [-0.25, -0.2) is 0 Å². The summed E-state index contributed by atoms with van der Waals surface area (Å²) in [6, 6.07) is 7.62. The third-order valence-electron chi connectivity index (χ3n) is 2.19. The van der Waals surface area contributed by atoms with E-state index in [1.807, 2.05) is 31.2 Å². The summed E-state index contributed by atoms with van der Waals surface area (Å²) in [6.07, 6.45) is 0.918. The minimum atomic E-state index is -1.02. The monoisotopic (exact) mass is 240 g/mol. The van der Waals surface area contributed by atoms with E-state index in [0.29, 0.717) is 18.6 Å². The number of rotatable bonds is 5. The van der Waals surface area contributed by atoms with E-state index in [9.17, 15) is 9.00 Å². The van der Waals surface area contributed by atoms with E-state index < -0.39 is 10.8 Å². The fraction of sp³-hybridized carbons (Fsp3) is 0.417. The lowest BCUT2D eigenvalue weighted by atomic mass is 10.2. The number of methoxy groups -OCH3 is 1. The third-order valence-corrected chi connectivity index (χ3v) is 3.63. The van der Waals surface area contributed by atoms with Crippen LogP contribution in [0.5, 0.6) is 0 Å². The van der Waals surface area contributed by atoms with E-state index in [4.69, 9.17) is 0 Å². The van der Waals surface area contributed by atoms with Crippen molar-refractivity contribution < 1.29 is 13.7 Å². The molecule has 0 radical (unpaired) electrons. The van der Waals surface area contributed by atoms with Crippen molar-refractivity contribution in [1.82, 2.24) is 0 Å². The summed E-state index contributed by atoms with van der Waals surface area (Å²) in [6.45, 7) is 1.97. The third kappa shape index (κ3) is 4.14. The molecule has 1 rings (SSSR count). The largest absolute Gasteiger partial charge is 0.469 e. The predicted molar refractivity (Wildman–Crippen MR) is 63.7 cm³/mol. The molecular formula is C12H16O3S. The normalized spacial score (nSPS) is 12.1. The Balaban J connectivity index is 2.44. The zero-order valence-corrected chi connectivity index (χ0v) is 10.4. The number of benzene rings is 1. The number of carbonyl (C=O) groups excluding carboxylic acids is 1. The average molecular weight is 240 g/mol. The molecule has 0 aliphatic heterocycles. The van der Waals surface area contributed by atoms with Crippen molar-refractivity contribution in [1.29, 1.82) is 0 Å². The summed E-state index contributed by atoms with van der Waals surface area (Å²) in [5.74, 6) is 0.250. The van der Waals surface area contributed by atoms with E-state index in [-0.39, 0.29) is 5.97 Å². The molecule has 0 bridgehead atoms. The molecule has 88 valence electrons. The van der Waals surface area contributed by atoms with Crippen LogP contribution in [0.1, 0.15) is 18.4 Å². The molecule has 0 aliphatic rings. The van der Waals surface area contributed by atoms with Crippen molar-refractivity contribution in [3.05, 3.63) is 29.8 Å². The van der Waals surface area contributed by atoms with E-state index in [2.05, 4.69) is 4.74 Å². The zero-order valence-electron chi connectivity index (χ0n) is 9.56. The molecule has 0 fully saturated rings. The lowest BCUT2D eigenvalue weighted by Gasteiger charge is -2.02. The summed E-state index contributed by atoms with van der Waals surface area (Å²) in [5, 5.41) is 0. The van der Waals surface area contributed by atoms with Gasteiger partial charge in [-0.3, -0.25) is 9.00 Å². The first-order valence-corrected chi connectivity index (χ1v) is 6.47. The first-order chi connectivity index (χ1) is 7.63. The van der Waals surface area contributed by atoms with Crippen LogP contribution >= 0.6 is 0 Å². The van der Waals surface area contributed by atoms with E-state index in [1.54, 1.807) is 0 Å². The van der Waals surface area contributed by atoms with Gasteiger partial charge in [0.2, 0.25) is 0 Å². The lowest BCUT2D eigenvalue weighted by molar-refractivity contribution is -0.140. The Kier molecular flexibility index (Phi) is 5.19. The fourth-order valence-electron chi connectivity index (χ4n) is 1.32. The highest BCUT2D eigenvalue weighted by Crippen LogP contribution is 2.10. The minimum Gasteiger partial charge on any atom is -0.469 e. The van der Waals surface area contributed by atoms with Gasteiger partial charge >= 0.3 is 5.97 Å². The molecule has 1 unspecified atom stereocenters. The van der Waals surface area contributed by atoms with Gasteiger partial charge in [0.1, 0.15) is 0 Å². The second-order valence-electron chi connectivity index (χ2n) is 3.55. The van der Waals surface area contributed by atoms with Gasteiger partial charge in [-0.1, -0.05) is 12.1 Å². The smallest absolute Gasteiger partial charge is 0.305 e. The highest BCUT2D eigenvalue weighted by Gasteiger charge is 2.06. The molecule has 16 heavy (non-hydrogen) atoms. The fourth-order valence-corrected chi connectivity index (χ4v) is 2.51. The molecule has 0 aromatic heterocycles. The number of hydrogen-bond acceptors (Lipinski definition) is 3. The van der Waals surface area contributed by atoms with Crippen LogP contribution in [0.4, 0.5) is 0 Å². The minimum absolute atomic E-state index is 0.249. The van der Waals surface area contributed by atoms with Crippen LogP contribution in [-0.4, -0.2) is 23.0 Å². The summed E-state index contributed by atoms with van der Waals surface area (Å²) < 4.78 is 16.3. The van der Waals surface area contributed by atoms with Crippen LogP contribution in [0.2, 0.25) is 0 Å². The number of aryl methyl sites for hydroxylation is 1. The maximum atomic E-state index is 11.8. The summed E-state index contributed by atoms with van der Waals surface area (Å²) in [5.41, 5.74) is 1.10. The van der Waals surface area contributed by atoms with Gasteiger partial charge in [-0.05, 0) is 31.0 Å². The maximum Gasteiger partial charge on any atom is 0.305 e. The van der Waals surface area contributed by atoms with E-state index in [1.165, 1.54) is 7.11 Å². The Hall–Kier alpha value is -1.16. The van der Waals surface area contributed by atoms with Crippen molar-refractivity contribution in [3.63, 3.8) is 0 Å². The first-order valence-electron chi connectivity index (χ1n) is 5.15. The Morgan fingerprint density at radius 1 is 1.44 bits per heavy atom. The van der Waals surface area contributed by atoms with Gasteiger partial charge in [-0.2, -0.15) is 0 Å². The SMILES string of the molecule is COC(=O)CCCS(=O)c1cccc(C)c1. The Morgan fingerprint density at radius 2 is 2.19 bits per heavy atom. The van der Waals surface area contributed by atoms with Crippen molar-refractivity contribution in [2.45, 2.75) is 24.7 Å². The number of esters is 1. The van der Waals surface area contributed by atoms with Crippen LogP contribution in [0.3, 0.4) is 0 Å². The molecule has 0 heterocycles. The molecule has 1 aromatic rings. The highest BCUT2D eigenvalue weighted by atomic mass is 32.2. The second kappa shape index (κ2) is 6.43. The van der Waals surface area contributed by atoms with Crippen molar-refractivity contribution >= 4 is 16.8 Å². The molecule has 1 atom stereocenters. The average Bonchev–Trinajstić information content (AvgIpc) is 2.28. The van der Waals surface area contributed by atoms with Gasteiger partial charge in [-0.15, -0.1) is 0 Å². The predicted octanol–water partition coefficient (Wildman–Crippen LogP) is 2.06. The second-order valence-corrected chi connectivity index (χ2v) is 5.12. The number of ether oxygens (including phenoxy) is 1. The summed E-state index contributed by atoms with van der Waals surface area (Å²) >= 11 is 0. The Labute approximate surface area is 98.3 Å². The van der Waals surface area contributed by atoms with Gasteiger partial charge in [0.15, 0.2) is 0 Å². The molecule has 0 spiro atoms. The van der Waals surface area contributed by atoms with Crippen LogP contribution < -0.4 is 0 Å². The molecule has 3 nitrogen and oxygen atoms in total. The van der Waals surface area contributed by atoms with Crippen LogP contribution in [-0.2, 0) is 20.3 Å². The number of hydrogen-bond donors (Lipinski definition) is 0. The Bertz CT molecular complexity index is 388. The molecule has 0 saturated heterocycles. The van der Waals surface area contributed by atoms with Crippen LogP contribution in [0, 0.1) is 6.92 Å². The molecule has 0 N–H and O–H groups in total. The molecule has 0 amide bonds. The topological polar surface area (TPSA) is 43.4 Å². The molecule has 1 aromatic carbocycles. The van der Waals surface area contributed by atoms with E-state index >= 15 is 0 Å². The van der Waals surface area contributed by atoms with Crippen molar-refractivity contribution in [3.8, 4) is 0 Å². The summed E-state index contributed by atoms with van der Waals surface area (Å²) in [7, 11) is 0.341. The first kappa shape index (κ1) is 12.9. The van der Waals surface area contributed by atoms with Crippen LogP contribution in [0.15, 0.2) is 29.2 Å². The van der Waals surface area contributed by atoms with Gasteiger partial charge in [0.05, 0.1) is 17.9 Å². The molecular weight excluding hydrogens is 224 g/mol. The van der Waals surface area contributed by atoms with Gasteiger partial charge in [0, 0.05) is 17.1 Å². The standard InChI is InChI=1S/C12H16O3S/c1-10-5-3-6-11(9-10)16(14)8-4-7-12(13)15-2/h3,5-6,9H,4,7-8H2,1-2H3. The zero-order chi connectivity index (χ0) is 12.0. The van der Waals surface area contributed by atoms with Gasteiger partial charge in [0.25, 0.3) is 0 Å². The van der Waals surface area contributed by atoms with Gasteiger partial charge < -0.3 is 4.74 Å². The molecule has 0 saturated carbocycles. The van der Waals surface area contributed by atoms with Crippen LogP contribution in [0.25, 0.3) is 0 Å². The molecule has 4 heteroatoms. The maximum absolute atomic E-state index is 11.8. The Morgan fingerprint density at radius 3 is 2.81 bits per heavy atom. The molecule has 0 aliphatic carbocycles. The van der Waals surface area contributed by atoms with Crippen molar-refractivity contribution in [2.75, 3.05) is 12.9 Å². The quantitative estimate of drug-likeness (QED) is 0.740. The lowest BCUT2D eigenvalue weighted by Crippen LogP contribution is -2.04. The van der Waals surface area contributed by atoms with E-state index in [0.717, 1.165) is 10.5 Å². The van der Waals surface area contributed by atoms with Crippen molar-refractivity contribution in [2.24, 2.45) is 0 Å². The highest BCUT2D eigenvalue weighted by molar-refractivity contribution is 7.85. The summed E-state index contributed by atoms with van der Waals surface area (Å²) in [4.78, 5) is 11.7.